The smallest absolute Gasteiger partial charge is 0.223 e. The summed E-state index contributed by atoms with van der Waals surface area (Å²) in [5.41, 5.74) is 3.36. The van der Waals surface area contributed by atoms with Gasteiger partial charge in [-0.1, -0.05) is 35.9 Å². The second-order valence-electron chi connectivity index (χ2n) is 5.78. The second kappa shape index (κ2) is 8.96. The van der Waals surface area contributed by atoms with E-state index in [9.17, 15) is 4.79 Å². The maximum absolute atomic E-state index is 11.9. The summed E-state index contributed by atoms with van der Waals surface area (Å²) in [6, 6.07) is 13.9. The van der Waals surface area contributed by atoms with Crippen LogP contribution in [0.1, 0.15) is 23.1 Å². The number of para-hydroxylation sites is 1. The number of benzene rings is 2. The number of amides is 1. The van der Waals surface area contributed by atoms with Crippen molar-refractivity contribution in [3.63, 3.8) is 0 Å². The molecule has 1 N–H and O–H groups in total. The molecule has 2 aromatic rings. The van der Waals surface area contributed by atoms with Gasteiger partial charge in [0.1, 0.15) is 11.5 Å². The number of carbonyl (C=O) groups excluding carboxylic acids is 1. The summed E-state index contributed by atoms with van der Waals surface area (Å²) in [4.78, 5) is 11.9. The van der Waals surface area contributed by atoms with Crippen LogP contribution in [0.15, 0.2) is 42.5 Å². The number of rotatable bonds is 8. The number of nitrogens with one attached hydrogen (secondary N) is 1. The minimum Gasteiger partial charge on any atom is -0.496 e. The summed E-state index contributed by atoms with van der Waals surface area (Å²) in [6.45, 7) is 5.00. The predicted molar refractivity (Wildman–Crippen MR) is 95.7 cm³/mol. The Morgan fingerprint density at radius 3 is 2.62 bits per heavy atom. The van der Waals surface area contributed by atoms with Crippen LogP contribution in [0.5, 0.6) is 11.5 Å². The molecular formula is C20H25NO3. The fourth-order valence-electron chi connectivity index (χ4n) is 2.50. The van der Waals surface area contributed by atoms with Crippen LogP contribution in [0.3, 0.4) is 0 Å². The third-order valence-electron chi connectivity index (χ3n) is 3.83. The van der Waals surface area contributed by atoms with Gasteiger partial charge in [-0.2, -0.15) is 0 Å². The molecule has 0 aliphatic rings. The van der Waals surface area contributed by atoms with E-state index in [0.29, 0.717) is 19.6 Å². The maximum Gasteiger partial charge on any atom is 0.223 e. The quantitative estimate of drug-likeness (QED) is 0.808. The Morgan fingerprint density at radius 2 is 1.88 bits per heavy atom. The highest BCUT2D eigenvalue weighted by Gasteiger charge is 2.06. The van der Waals surface area contributed by atoms with Crippen molar-refractivity contribution < 1.29 is 14.3 Å². The summed E-state index contributed by atoms with van der Waals surface area (Å²) < 4.78 is 11.0. The molecule has 128 valence electrons. The summed E-state index contributed by atoms with van der Waals surface area (Å²) in [7, 11) is 1.66. The third kappa shape index (κ3) is 5.30. The third-order valence-corrected chi connectivity index (χ3v) is 3.83. The second-order valence-corrected chi connectivity index (χ2v) is 5.78. The Balaban J connectivity index is 1.72. The van der Waals surface area contributed by atoms with E-state index >= 15 is 0 Å². The van der Waals surface area contributed by atoms with Gasteiger partial charge in [0, 0.05) is 6.54 Å². The molecule has 4 heteroatoms. The Morgan fingerprint density at radius 1 is 1.08 bits per heavy atom. The fourth-order valence-corrected chi connectivity index (χ4v) is 2.50. The number of carbonyl (C=O) groups is 1. The highest BCUT2D eigenvalue weighted by molar-refractivity contribution is 5.76. The van der Waals surface area contributed by atoms with Gasteiger partial charge in [-0.05, 0) is 43.5 Å². The van der Waals surface area contributed by atoms with Crippen molar-refractivity contribution in [3.05, 3.63) is 59.2 Å². The molecular weight excluding hydrogens is 302 g/mol. The fraction of sp³-hybridized carbons (Fsp3) is 0.350. The highest BCUT2D eigenvalue weighted by atomic mass is 16.5. The van der Waals surface area contributed by atoms with Gasteiger partial charge in [-0.3, -0.25) is 4.79 Å². The molecule has 0 heterocycles. The summed E-state index contributed by atoms with van der Waals surface area (Å²) >= 11 is 0. The first-order chi connectivity index (χ1) is 11.6. The van der Waals surface area contributed by atoms with E-state index in [2.05, 4.69) is 11.4 Å². The molecule has 0 bridgehead atoms. The molecule has 0 aliphatic carbocycles. The lowest BCUT2D eigenvalue weighted by atomic mass is 10.1. The average molecular weight is 327 g/mol. The highest BCUT2D eigenvalue weighted by Crippen LogP contribution is 2.19. The first kappa shape index (κ1) is 17.9. The van der Waals surface area contributed by atoms with Crippen molar-refractivity contribution in [2.45, 2.75) is 26.7 Å². The SMILES string of the molecule is COc1ccc(C)cc1CCNC(=O)CCOc1ccccc1C. The van der Waals surface area contributed by atoms with Gasteiger partial charge < -0.3 is 14.8 Å². The molecule has 2 aromatic carbocycles. The van der Waals surface area contributed by atoms with Crippen LogP contribution in [-0.2, 0) is 11.2 Å². The lowest BCUT2D eigenvalue weighted by Gasteiger charge is -2.11. The molecule has 4 nitrogen and oxygen atoms in total. The molecule has 24 heavy (non-hydrogen) atoms. The van der Waals surface area contributed by atoms with E-state index in [0.717, 1.165) is 29.0 Å². The first-order valence-corrected chi connectivity index (χ1v) is 8.19. The largest absolute Gasteiger partial charge is 0.496 e. The van der Waals surface area contributed by atoms with Crippen LogP contribution in [-0.4, -0.2) is 26.2 Å². The Labute approximate surface area is 143 Å². The van der Waals surface area contributed by atoms with Crippen LogP contribution in [0.25, 0.3) is 0 Å². The number of methoxy groups -OCH3 is 1. The van der Waals surface area contributed by atoms with Crippen molar-refractivity contribution in [1.82, 2.24) is 5.32 Å². The number of ether oxygens (including phenoxy) is 2. The molecule has 0 aliphatic heterocycles. The molecule has 0 atom stereocenters. The van der Waals surface area contributed by atoms with Gasteiger partial charge in [0.2, 0.25) is 5.91 Å². The normalized spacial score (nSPS) is 10.3. The van der Waals surface area contributed by atoms with Crippen molar-refractivity contribution in [2.24, 2.45) is 0 Å². The summed E-state index contributed by atoms with van der Waals surface area (Å²) in [5, 5.41) is 2.93. The minimum absolute atomic E-state index is 0.00444. The van der Waals surface area contributed by atoms with Crippen molar-refractivity contribution in [1.29, 1.82) is 0 Å². The lowest BCUT2D eigenvalue weighted by molar-refractivity contribution is -0.121. The molecule has 0 fully saturated rings. The van der Waals surface area contributed by atoms with Gasteiger partial charge in [0.25, 0.3) is 0 Å². The Kier molecular flexibility index (Phi) is 6.67. The van der Waals surface area contributed by atoms with Gasteiger partial charge >= 0.3 is 0 Å². The lowest BCUT2D eigenvalue weighted by Crippen LogP contribution is -2.27. The topological polar surface area (TPSA) is 47.6 Å². The molecule has 0 saturated heterocycles. The Hall–Kier alpha value is -2.49. The van der Waals surface area contributed by atoms with Gasteiger partial charge in [0.05, 0.1) is 20.1 Å². The van der Waals surface area contributed by atoms with E-state index in [-0.39, 0.29) is 5.91 Å². The zero-order valence-corrected chi connectivity index (χ0v) is 14.6. The van der Waals surface area contributed by atoms with Crippen molar-refractivity contribution in [2.75, 3.05) is 20.3 Å². The van der Waals surface area contributed by atoms with E-state index < -0.39 is 0 Å². The van der Waals surface area contributed by atoms with Crippen LogP contribution < -0.4 is 14.8 Å². The molecule has 0 aromatic heterocycles. The van der Waals surface area contributed by atoms with E-state index in [1.54, 1.807) is 7.11 Å². The minimum atomic E-state index is -0.00444. The molecule has 0 radical (unpaired) electrons. The van der Waals surface area contributed by atoms with Gasteiger partial charge in [-0.15, -0.1) is 0 Å². The molecule has 0 saturated carbocycles. The summed E-state index contributed by atoms with van der Waals surface area (Å²) in [5.74, 6) is 1.68. The van der Waals surface area contributed by atoms with Crippen LogP contribution in [0.2, 0.25) is 0 Å². The van der Waals surface area contributed by atoms with Crippen molar-refractivity contribution in [3.8, 4) is 11.5 Å². The average Bonchev–Trinajstić information content (AvgIpc) is 2.57. The van der Waals surface area contributed by atoms with E-state index in [4.69, 9.17) is 9.47 Å². The molecule has 1 amide bonds. The zero-order chi connectivity index (χ0) is 17.4. The van der Waals surface area contributed by atoms with Gasteiger partial charge in [0.15, 0.2) is 0 Å². The van der Waals surface area contributed by atoms with Crippen molar-refractivity contribution >= 4 is 5.91 Å². The van der Waals surface area contributed by atoms with Crippen LogP contribution in [0, 0.1) is 13.8 Å². The Bertz CT molecular complexity index is 682. The molecule has 0 spiro atoms. The summed E-state index contributed by atoms with van der Waals surface area (Å²) in [6.07, 6.45) is 1.09. The first-order valence-electron chi connectivity index (χ1n) is 8.19. The molecule has 2 rings (SSSR count). The van der Waals surface area contributed by atoms with E-state index in [1.807, 2.05) is 50.2 Å². The van der Waals surface area contributed by atoms with Gasteiger partial charge in [-0.25, -0.2) is 0 Å². The maximum atomic E-state index is 11.9. The molecule has 0 unspecified atom stereocenters. The number of hydrogen-bond donors (Lipinski definition) is 1. The number of hydrogen-bond acceptors (Lipinski definition) is 3. The predicted octanol–water partition coefficient (Wildman–Crippen LogP) is 3.44. The van der Waals surface area contributed by atoms with Crippen LogP contribution >= 0.6 is 0 Å². The monoisotopic (exact) mass is 327 g/mol. The zero-order valence-electron chi connectivity index (χ0n) is 14.6. The van der Waals surface area contributed by atoms with Crippen LogP contribution in [0.4, 0.5) is 0 Å². The number of aryl methyl sites for hydroxylation is 2. The standard InChI is InChI=1S/C20H25NO3/c1-15-8-9-19(23-3)17(14-15)10-12-21-20(22)11-13-24-18-7-5-4-6-16(18)2/h4-9,14H,10-13H2,1-3H3,(H,21,22). The van der Waals surface area contributed by atoms with E-state index in [1.165, 1.54) is 5.56 Å².